The number of aryl methyl sites for hydroxylation is 1. The van der Waals surface area contributed by atoms with E-state index >= 15 is 0 Å². The number of aromatic amines is 1. The molecule has 96 valence electrons. The lowest BCUT2D eigenvalue weighted by atomic mass is 9.83. The Kier molecular flexibility index (Phi) is 3.11. The van der Waals surface area contributed by atoms with Gasteiger partial charge in [0.2, 0.25) is 0 Å². The third-order valence-electron chi connectivity index (χ3n) is 4.38. The first-order valence-electron chi connectivity index (χ1n) is 7.24. The van der Waals surface area contributed by atoms with E-state index in [9.17, 15) is 0 Å². The smallest absolute Gasteiger partial charge is 0.110 e. The van der Waals surface area contributed by atoms with E-state index in [0.29, 0.717) is 5.92 Å². The third-order valence-corrected chi connectivity index (χ3v) is 4.38. The van der Waals surface area contributed by atoms with Crippen LogP contribution in [0.3, 0.4) is 0 Å². The van der Waals surface area contributed by atoms with Gasteiger partial charge in [-0.2, -0.15) is 0 Å². The van der Waals surface area contributed by atoms with Gasteiger partial charge >= 0.3 is 0 Å². The summed E-state index contributed by atoms with van der Waals surface area (Å²) >= 11 is 0. The number of aromatic nitrogens is 2. The standard InChI is InChI=1S/C16H22N2/c1-3-12-6-9-14-15(10-12)18-16(17-14)13-7-4-11(2)5-8-13/h6,9-11,13H,3-5,7-8H2,1-2H3,(H,17,18). The van der Waals surface area contributed by atoms with Crippen molar-refractivity contribution in [2.24, 2.45) is 5.92 Å². The average Bonchev–Trinajstić information content (AvgIpc) is 2.82. The first-order chi connectivity index (χ1) is 8.76. The van der Waals surface area contributed by atoms with Gasteiger partial charge in [-0.25, -0.2) is 4.98 Å². The molecule has 1 aromatic heterocycles. The minimum absolute atomic E-state index is 0.652. The van der Waals surface area contributed by atoms with Crippen molar-refractivity contribution in [3.05, 3.63) is 29.6 Å². The quantitative estimate of drug-likeness (QED) is 0.829. The van der Waals surface area contributed by atoms with Crippen molar-refractivity contribution in [2.75, 3.05) is 0 Å². The molecular formula is C16H22N2. The molecule has 0 atom stereocenters. The molecule has 0 spiro atoms. The number of H-pyrrole nitrogens is 1. The molecule has 2 heteroatoms. The summed E-state index contributed by atoms with van der Waals surface area (Å²) < 4.78 is 0. The zero-order valence-electron chi connectivity index (χ0n) is 11.4. The summed E-state index contributed by atoms with van der Waals surface area (Å²) in [5.74, 6) is 2.76. The third kappa shape index (κ3) is 2.16. The topological polar surface area (TPSA) is 28.7 Å². The maximum absolute atomic E-state index is 4.78. The van der Waals surface area contributed by atoms with Crippen LogP contribution in [0.2, 0.25) is 0 Å². The van der Waals surface area contributed by atoms with Crippen LogP contribution < -0.4 is 0 Å². The number of benzene rings is 1. The van der Waals surface area contributed by atoms with E-state index in [4.69, 9.17) is 4.98 Å². The highest BCUT2D eigenvalue weighted by atomic mass is 14.9. The minimum Gasteiger partial charge on any atom is -0.342 e. The molecule has 0 amide bonds. The van der Waals surface area contributed by atoms with Crippen LogP contribution in [0.1, 0.15) is 56.8 Å². The number of hydrogen-bond acceptors (Lipinski definition) is 1. The highest BCUT2D eigenvalue weighted by molar-refractivity contribution is 5.76. The zero-order valence-corrected chi connectivity index (χ0v) is 11.4. The van der Waals surface area contributed by atoms with Crippen molar-refractivity contribution in [3.8, 4) is 0 Å². The van der Waals surface area contributed by atoms with Gasteiger partial charge in [-0.1, -0.05) is 32.8 Å². The Morgan fingerprint density at radius 2 is 2.00 bits per heavy atom. The lowest BCUT2D eigenvalue weighted by Gasteiger charge is -2.24. The highest BCUT2D eigenvalue weighted by Crippen LogP contribution is 2.34. The summed E-state index contributed by atoms with van der Waals surface area (Å²) in [6.45, 7) is 4.56. The molecule has 0 aliphatic heterocycles. The molecule has 1 fully saturated rings. The summed E-state index contributed by atoms with van der Waals surface area (Å²) in [5.41, 5.74) is 3.72. The van der Waals surface area contributed by atoms with Gasteiger partial charge in [-0.3, -0.25) is 0 Å². The van der Waals surface area contributed by atoms with Gasteiger partial charge in [0.15, 0.2) is 0 Å². The van der Waals surface area contributed by atoms with Crippen LogP contribution in [0, 0.1) is 5.92 Å². The Morgan fingerprint density at radius 3 is 2.72 bits per heavy atom. The van der Waals surface area contributed by atoms with Crippen molar-refractivity contribution in [2.45, 2.75) is 51.9 Å². The zero-order chi connectivity index (χ0) is 12.5. The molecule has 1 aliphatic carbocycles. The molecule has 1 heterocycles. The minimum atomic E-state index is 0.652. The fraction of sp³-hybridized carbons (Fsp3) is 0.562. The normalized spacial score (nSPS) is 24.6. The number of rotatable bonds is 2. The van der Waals surface area contributed by atoms with E-state index < -0.39 is 0 Å². The first kappa shape index (κ1) is 11.8. The second-order valence-electron chi connectivity index (χ2n) is 5.78. The molecule has 2 nitrogen and oxygen atoms in total. The Labute approximate surface area is 109 Å². The Bertz CT molecular complexity index is 533. The van der Waals surface area contributed by atoms with E-state index in [1.165, 1.54) is 42.6 Å². The van der Waals surface area contributed by atoms with Crippen LogP contribution >= 0.6 is 0 Å². The van der Waals surface area contributed by atoms with E-state index in [0.717, 1.165) is 17.9 Å². The fourth-order valence-electron chi connectivity index (χ4n) is 3.02. The van der Waals surface area contributed by atoms with Crippen molar-refractivity contribution in [3.63, 3.8) is 0 Å². The average molecular weight is 242 g/mol. The van der Waals surface area contributed by atoms with Crippen LogP contribution in [0.5, 0.6) is 0 Å². The molecule has 3 rings (SSSR count). The summed E-state index contributed by atoms with van der Waals surface area (Å²) in [5, 5.41) is 0. The van der Waals surface area contributed by atoms with Crippen LogP contribution in [-0.2, 0) is 6.42 Å². The molecule has 0 radical (unpaired) electrons. The van der Waals surface area contributed by atoms with Gasteiger partial charge in [0.1, 0.15) is 5.82 Å². The molecule has 1 N–H and O–H groups in total. The largest absolute Gasteiger partial charge is 0.342 e. The van der Waals surface area contributed by atoms with Crippen molar-refractivity contribution >= 4 is 11.0 Å². The number of nitrogens with one attached hydrogen (secondary N) is 1. The predicted octanol–water partition coefficient (Wildman–Crippen LogP) is 4.42. The molecule has 1 aromatic carbocycles. The molecule has 0 saturated heterocycles. The van der Waals surface area contributed by atoms with Gasteiger partial charge in [0.25, 0.3) is 0 Å². The van der Waals surface area contributed by atoms with Crippen molar-refractivity contribution in [1.82, 2.24) is 9.97 Å². The van der Waals surface area contributed by atoms with Gasteiger partial charge < -0.3 is 4.98 Å². The molecule has 18 heavy (non-hydrogen) atoms. The Balaban J connectivity index is 1.88. The molecule has 2 aromatic rings. The van der Waals surface area contributed by atoms with Crippen LogP contribution in [0.4, 0.5) is 0 Å². The summed E-state index contributed by atoms with van der Waals surface area (Å²) in [4.78, 5) is 8.33. The van der Waals surface area contributed by atoms with Gasteiger partial charge in [-0.05, 0) is 42.9 Å². The molecular weight excluding hydrogens is 220 g/mol. The summed E-state index contributed by atoms with van der Waals surface area (Å²) in [6.07, 6.45) is 6.37. The molecule has 1 aliphatic rings. The number of nitrogens with zero attached hydrogens (tertiary/aromatic N) is 1. The second kappa shape index (κ2) is 4.75. The van der Waals surface area contributed by atoms with E-state index in [2.05, 4.69) is 37.0 Å². The summed E-state index contributed by atoms with van der Waals surface area (Å²) in [6, 6.07) is 6.59. The molecule has 0 unspecified atom stereocenters. The van der Waals surface area contributed by atoms with Gasteiger partial charge in [0, 0.05) is 5.92 Å². The van der Waals surface area contributed by atoms with E-state index in [1.54, 1.807) is 0 Å². The number of hydrogen-bond donors (Lipinski definition) is 1. The van der Waals surface area contributed by atoms with Gasteiger partial charge in [0.05, 0.1) is 11.0 Å². The van der Waals surface area contributed by atoms with Crippen molar-refractivity contribution < 1.29 is 0 Å². The highest BCUT2D eigenvalue weighted by Gasteiger charge is 2.22. The fourth-order valence-corrected chi connectivity index (χ4v) is 3.02. The number of imidazole rings is 1. The SMILES string of the molecule is CCc1ccc2nc(C3CCC(C)CC3)[nH]c2c1. The van der Waals surface area contributed by atoms with E-state index in [1.807, 2.05) is 0 Å². The van der Waals surface area contributed by atoms with Crippen LogP contribution in [-0.4, -0.2) is 9.97 Å². The number of fused-ring (bicyclic) bond motifs is 1. The van der Waals surface area contributed by atoms with Crippen LogP contribution in [0.25, 0.3) is 11.0 Å². The second-order valence-corrected chi connectivity index (χ2v) is 5.78. The lowest BCUT2D eigenvalue weighted by Crippen LogP contribution is -2.11. The Hall–Kier alpha value is -1.31. The molecule has 0 bridgehead atoms. The van der Waals surface area contributed by atoms with E-state index in [-0.39, 0.29) is 0 Å². The lowest BCUT2D eigenvalue weighted by molar-refractivity contribution is 0.341. The maximum Gasteiger partial charge on any atom is 0.110 e. The van der Waals surface area contributed by atoms with Gasteiger partial charge in [-0.15, -0.1) is 0 Å². The maximum atomic E-state index is 4.78. The first-order valence-corrected chi connectivity index (χ1v) is 7.24. The Morgan fingerprint density at radius 1 is 1.22 bits per heavy atom. The molecule has 1 saturated carbocycles. The monoisotopic (exact) mass is 242 g/mol. The van der Waals surface area contributed by atoms with Crippen molar-refractivity contribution in [1.29, 1.82) is 0 Å². The van der Waals surface area contributed by atoms with Crippen LogP contribution in [0.15, 0.2) is 18.2 Å². The summed E-state index contributed by atoms with van der Waals surface area (Å²) in [7, 11) is 0. The predicted molar refractivity (Wildman–Crippen MR) is 75.8 cm³/mol.